The lowest BCUT2D eigenvalue weighted by atomic mass is 9.86. The second kappa shape index (κ2) is 10.1. The van der Waals surface area contributed by atoms with Crippen LogP contribution in [0, 0.1) is 0 Å². The lowest BCUT2D eigenvalue weighted by Crippen LogP contribution is -2.39. The van der Waals surface area contributed by atoms with Crippen molar-refractivity contribution in [1.29, 1.82) is 0 Å². The van der Waals surface area contributed by atoms with E-state index in [1.54, 1.807) is 7.05 Å². The van der Waals surface area contributed by atoms with Gasteiger partial charge in [0.15, 0.2) is 5.96 Å². The molecule has 0 unspecified atom stereocenters. The van der Waals surface area contributed by atoms with Gasteiger partial charge in [-0.1, -0.05) is 45.0 Å². The number of benzene rings is 1. The lowest BCUT2D eigenvalue weighted by Gasteiger charge is -2.19. The van der Waals surface area contributed by atoms with Crippen LogP contribution in [0.3, 0.4) is 0 Å². The minimum absolute atomic E-state index is 0. The number of nitrogens with zero attached hydrogens (tertiary/aromatic N) is 1. The molecule has 0 amide bonds. The maximum absolute atomic E-state index is 12.1. The average molecular weight is 457 g/mol. The third kappa shape index (κ3) is 9.34. The molecule has 0 aliphatic rings. The Labute approximate surface area is 159 Å². The molecule has 0 spiro atoms. The predicted molar refractivity (Wildman–Crippen MR) is 104 cm³/mol. The van der Waals surface area contributed by atoms with Crippen LogP contribution in [0.2, 0.25) is 0 Å². The highest BCUT2D eigenvalue weighted by molar-refractivity contribution is 14.0. The first kappa shape index (κ1) is 23.0. The van der Waals surface area contributed by atoms with Crippen molar-refractivity contribution in [2.75, 3.05) is 20.1 Å². The third-order valence-corrected chi connectivity index (χ3v) is 3.45. The SMILES string of the molecule is CN=C(NCCc1ccc(C(C)(C)C)cc1)NCCC(F)(F)F.I. The first-order valence-electron chi connectivity index (χ1n) is 7.72. The van der Waals surface area contributed by atoms with Crippen molar-refractivity contribution in [1.82, 2.24) is 10.6 Å². The molecule has 2 N–H and O–H groups in total. The standard InChI is InChI=1S/C17H26F3N3.HI/c1-16(2,3)14-7-5-13(6-8-14)9-11-22-15(21-4)23-12-10-17(18,19)20;/h5-8H,9-12H2,1-4H3,(H2,21,22,23);1H. The molecule has 138 valence electrons. The summed E-state index contributed by atoms with van der Waals surface area (Å²) >= 11 is 0. The summed E-state index contributed by atoms with van der Waals surface area (Å²) in [6.07, 6.45) is -4.24. The molecule has 1 rings (SSSR count). The van der Waals surface area contributed by atoms with Crippen molar-refractivity contribution in [3.8, 4) is 0 Å². The topological polar surface area (TPSA) is 36.4 Å². The Hall–Kier alpha value is -0.990. The van der Waals surface area contributed by atoms with Crippen LogP contribution in [0.15, 0.2) is 29.3 Å². The molecule has 0 aliphatic carbocycles. The molecular weight excluding hydrogens is 430 g/mol. The van der Waals surface area contributed by atoms with Crippen LogP contribution < -0.4 is 10.6 Å². The van der Waals surface area contributed by atoms with Gasteiger partial charge in [0.05, 0.1) is 6.42 Å². The molecule has 0 saturated heterocycles. The average Bonchev–Trinajstić information content (AvgIpc) is 2.44. The van der Waals surface area contributed by atoms with E-state index < -0.39 is 12.6 Å². The summed E-state index contributed by atoms with van der Waals surface area (Å²) in [6, 6.07) is 8.40. The van der Waals surface area contributed by atoms with Crippen molar-refractivity contribution in [2.45, 2.75) is 45.2 Å². The fourth-order valence-electron chi connectivity index (χ4n) is 2.04. The van der Waals surface area contributed by atoms with Crippen LogP contribution in [-0.2, 0) is 11.8 Å². The van der Waals surface area contributed by atoms with Gasteiger partial charge >= 0.3 is 6.18 Å². The molecule has 0 radical (unpaired) electrons. The van der Waals surface area contributed by atoms with Crippen molar-refractivity contribution in [2.24, 2.45) is 4.99 Å². The maximum Gasteiger partial charge on any atom is 0.390 e. The van der Waals surface area contributed by atoms with Crippen LogP contribution in [0.5, 0.6) is 0 Å². The van der Waals surface area contributed by atoms with E-state index in [0.29, 0.717) is 12.5 Å². The zero-order chi connectivity index (χ0) is 17.5. The second-order valence-electron chi connectivity index (χ2n) is 6.49. The highest BCUT2D eigenvalue weighted by Crippen LogP contribution is 2.22. The van der Waals surface area contributed by atoms with Gasteiger partial charge in [-0.3, -0.25) is 4.99 Å². The summed E-state index contributed by atoms with van der Waals surface area (Å²) in [5, 5.41) is 5.68. The van der Waals surface area contributed by atoms with Gasteiger partial charge in [0.2, 0.25) is 0 Å². The molecule has 7 heteroatoms. The molecule has 0 heterocycles. The molecule has 0 bridgehead atoms. The Kier molecular flexibility index (Phi) is 9.69. The number of hydrogen-bond acceptors (Lipinski definition) is 1. The van der Waals surface area contributed by atoms with Gasteiger partial charge in [0, 0.05) is 20.1 Å². The van der Waals surface area contributed by atoms with Crippen molar-refractivity contribution in [3.05, 3.63) is 35.4 Å². The maximum atomic E-state index is 12.1. The third-order valence-electron chi connectivity index (χ3n) is 3.45. The van der Waals surface area contributed by atoms with Crippen LogP contribution in [0.4, 0.5) is 13.2 Å². The molecule has 0 fully saturated rings. The Balaban J connectivity index is 0.00000529. The molecule has 0 atom stereocenters. The van der Waals surface area contributed by atoms with Gasteiger partial charge in [0.25, 0.3) is 0 Å². The molecule has 1 aromatic rings. The normalized spacial score (nSPS) is 12.5. The van der Waals surface area contributed by atoms with Gasteiger partial charge in [-0.25, -0.2) is 0 Å². The zero-order valence-electron chi connectivity index (χ0n) is 14.6. The smallest absolute Gasteiger partial charge is 0.356 e. The molecule has 0 aromatic heterocycles. The summed E-state index contributed by atoms with van der Waals surface area (Å²) in [7, 11) is 1.54. The fraction of sp³-hybridized carbons (Fsp3) is 0.588. The monoisotopic (exact) mass is 457 g/mol. The summed E-state index contributed by atoms with van der Waals surface area (Å²) in [4.78, 5) is 3.91. The van der Waals surface area contributed by atoms with E-state index in [-0.39, 0.29) is 35.9 Å². The van der Waals surface area contributed by atoms with Crippen molar-refractivity contribution < 1.29 is 13.2 Å². The molecule has 0 saturated carbocycles. The van der Waals surface area contributed by atoms with Gasteiger partial charge < -0.3 is 10.6 Å². The lowest BCUT2D eigenvalue weighted by molar-refractivity contribution is -0.132. The van der Waals surface area contributed by atoms with Gasteiger partial charge in [-0.2, -0.15) is 13.2 Å². The van der Waals surface area contributed by atoms with E-state index in [9.17, 15) is 13.2 Å². The Morgan fingerprint density at radius 3 is 2.00 bits per heavy atom. The van der Waals surface area contributed by atoms with E-state index in [1.165, 1.54) is 11.1 Å². The molecule has 3 nitrogen and oxygen atoms in total. The minimum atomic E-state index is -4.15. The Morgan fingerprint density at radius 2 is 1.54 bits per heavy atom. The summed E-state index contributed by atoms with van der Waals surface area (Å²) < 4.78 is 36.3. The quantitative estimate of drug-likeness (QED) is 0.394. The van der Waals surface area contributed by atoms with Crippen LogP contribution in [0.25, 0.3) is 0 Å². The summed E-state index contributed by atoms with van der Waals surface area (Å²) in [6.45, 7) is 6.94. The number of halogens is 4. The van der Waals surface area contributed by atoms with E-state index in [4.69, 9.17) is 0 Å². The zero-order valence-corrected chi connectivity index (χ0v) is 17.0. The number of alkyl halides is 3. The summed E-state index contributed by atoms with van der Waals surface area (Å²) in [5.74, 6) is 0.389. The minimum Gasteiger partial charge on any atom is -0.356 e. The largest absolute Gasteiger partial charge is 0.390 e. The van der Waals surface area contributed by atoms with E-state index in [2.05, 4.69) is 60.7 Å². The first-order chi connectivity index (χ1) is 10.6. The summed E-state index contributed by atoms with van der Waals surface area (Å²) in [5.41, 5.74) is 2.58. The van der Waals surface area contributed by atoms with E-state index in [0.717, 1.165) is 6.42 Å². The Bertz CT molecular complexity index is 505. The number of rotatable bonds is 5. The number of hydrogen-bond donors (Lipinski definition) is 2. The highest BCUT2D eigenvalue weighted by Gasteiger charge is 2.26. The molecule has 0 aliphatic heterocycles. The van der Waals surface area contributed by atoms with Gasteiger partial charge in [-0.05, 0) is 23.0 Å². The van der Waals surface area contributed by atoms with E-state index >= 15 is 0 Å². The van der Waals surface area contributed by atoms with Crippen molar-refractivity contribution >= 4 is 29.9 Å². The number of nitrogens with one attached hydrogen (secondary N) is 2. The van der Waals surface area contributed by atoms with E-state index in [1.807, 2.05) is 0 Å². The second-order valence-corrected chi connectivity index (χ2v) is 6.49. The Morgan fingerprint density at radius 1 is 1.00 bits per heavy atom. The predicted octanol–water partition coefficient (Wildman–Crippen LogP) is 4.26. The first-order valence-corrected chi connectivity index (χ1v) is 7.72. The molecular formula is C17H27F3IN3. The van der Waals surface area contributed by atoms with Crippen LogP contribution >= 0.6 is 24.0 Å². The highest BCUT2D eigenvalue weighted by atomic mass is 127. The van der Waals surface area contributed by atoms with Gasteiger partial charge in [-0.15, -0.1) is 24.0 Å². The van der Waals surface area contributed by atoms with Crippen molar-refractivity contribution in [3.63, 3.8) is 0 Å². The molecule has 1 aromatic carbocycles. The molecule has 24 heavy (non-hydrogen) atoms. The van der Waals surface area contributed by atoms with Gasteiger partial charge in [0.1, 0.15) is 0 Å². The number of guanidine groups is 1. The van der Waals surface area contributed by atoms with Crippen LogP contribution in [-0.4, -0.2) is 32.3 Å². The van der Waals surface area contributed by atoms with Crippen LogP contribution in [0.1, 0.15) is 38.3 Å². The number of aliphatic imine (C=N–C) groups is 1. The fourth-order valence-corrected chi connectivity index (χ4v) is 2.04.